The number of aliphatic hydroxyl groups is 3. The summed E-state index contributed by atoms with van der Waals surface area (Å²) in [6.07, 6.45) is 17.4. The number of allylic oxidation sites excluding steroid dienone is 1. The standard InChI is InChI=1S/C18H34O3.C4H10O3.Na.H/c1-2-3-4-11-14-17(19)15-12-9-7-5-6-8-10-13-16-18(20)21;5-1-3-7-4-2-6;;/h9,12,17,19H,2-8,10-11,13-16H2,1H3,(H,20,21);5-6H,1-4H2;;/q;;+1;-1/b12-9-;;;/t17-;;;/m1.../s1. The second kappa shape index (κ2) is 30.2. The molecule has 0 saturated carbocycles. The maximum absolute atomic E-state index is 10.3. The van der Waals surface area contributed by atoms with E-state index in [2.05, 4.69) is 23.8 Å². The van der Waals surface area contributed by atoms with Crippen molar-refractivity contribution in [2.45, 2.75) is 96.5 Å². The average molecular weight is 429 g/mol. The molecule has 1 atom stereocenters. The molecule has 0 heterocycles. The number of carboxylic acid groups (broad SMARTS) is 1. The minimum atomic E-state index is -0.689. The van der Waals surface area contributed by atoms with E-state index in [1.807, 2.05) is 0 Å². The number of rotatable bonds is 19. The molecule has 0 aliphatic heterocycles. The second-order valence-corrected chi connectivity index (χ2v) is 6.97. The van der Waals surface area contributed by atoms with E-state index in [0.29, 0.717) is 19.6 Å². The zero-order chi connectivity index (χ0) is 21.3. The largest absolute Gasteiger partial charge is 1.00 e. The number of hydrogen-bond acceptors (Lipinski definition) is 5. The van der Waals surface area contributed by atoms with Crippen molar-refractivity contribution in [1.29, 1.82) is 0 Å². The van der Waals surface area contributed by atoms with Crippen LogP contribution in [-0.2, 0) is 9.53 Å². The fourth-order valence-corrected chi connectivity index (χ4v) is 2.60. The van der Waals surface area contributed by atoms with Gasteiger partial charge in [-0.05, 0) is 32.1 Å². The first kappa shape index (κ1) is 33.7. The van der Waals surface area contributed by atoms with Gasteiger partial charge in [-0.25, -0.2) is 0 Å². The molecule has 0 aliphatic carbocycles. The van der Waals surface area contributed by atoms with Crippen molar-refractivity contribution >= 4 is 5.97 Å². The van der Waals surface area contributed by atoms with Gasteiger partial charge in [-0.3, -0.25) is 4.79 Å². The minimum absolute atomic E-state index is 0. The number of carbonyl (C=O) groups is 1. The van der Waals surface area contributed by atoms with E-state index in [9.17, 15) is 9.90 Å². The fraction of sp³-hybridized carbons (Fsp3) is 0.864. The van der Waals surface area contributed by atoms with Gasteiger partial charge in [0.05, 0.1) is 32.5 Å². The normalized spacial score (nSPS) is 11.6. The Hall–Kier alpha value is 0.0500. The third-order valence-corrected chi connectivity index (χ3v) is 4.20. The number of ether oxygens (including phenoxy) is 1. The summed E-state index contributed by atoms with van der Waals surface area (Å²) < 4.78 is 4.63. The monoisotopic (exact) mass is 428 g/mol. The number of carboxylic acids is 1. The zero-order valence-corrected chi connectivity index (χ0v) is 20.9. The SMILES string of the molecule is CCCCCC[C@@H](O)C/C=C\CCCCCCCC(=O)O.OCCOCCO.[H-].[Na+]. The smallest absolute Gasteiger partial charge is 1.00 e. The molecule has 6 nitrogen and oxygen atoms in total. The summed E-state index contributed by atoms with van der Waals surface area (Å²) >= 11 is 0. The first-order valence-corrected chi connectivity index (χ1v) is 10.9. The van der Waals surface area contributed by atoms with Crippen LogP contribution in [0, 0.1) is 0 Å². The quantitative estimate of drug-likeness (QED) is 0.140. The molecule has 0 fully saturated rings. The van der Waals surface area contributed by atoms with Crippen LogP contribution in [0.4, 0.5) is 0 Å². The van der Waals surface area contributed by atoms with Crippen LogP contribution in [0.1, 0.15) is 91.8 Å². The van der Waals surface area contributed by atoms with Crippen LogP contribution in [0.15, 0.2) is 12.2 Å². The van der Waals surface area contributed by atoms with Crippen molar-refractivity contribution in [3.63, 3.8) is 0 Å². The summed E-state index contributed by atoms with van der Waals surface area (Å²) in [6, 6.07) is 0. The molecule has 0 spiro atoms. The summed E-state index contributed by atoms with van der Waals surface area (Å²) in [5.41, 5.74) is 0. The minimum Gasteiger partial charge on any atom is -1.00 e. The molecule has 0 aromatic carbocycles. The van der Waals surface area contributed by atoms with Crippen LogP contribution in [0.25, 0.3) is 0 Å². The van der Waals surface area contributed by atoms with Crippen LogP contribution in [0.5, 0.6) is 0 Å². The van der Waals surface area contributed by atoms with Crippen molar-refractivity contribution < 1.29 is 60.9 Å². The molecular weight excluding hydrogens is 383 g/mol. The maximum atomic E-state index is 10.3. The van der Waals surface area contributed by atoms with Gasteiger partial charge in [0, 0.05) is 6.42 Å². The van der Waals surface area contributed by atoms with Gasteiger partial charge in [0.1, 0.15) is 0 Å². The second-order valence-electron chi connectivity index (χ2n) is 6.97. The average Bonchev–Trinajstić information content (AvgIpc) is 2.67. The summed E-state index contributed by atoms with van der Waals surface area (Å²) in [4.78, 5) is 10.3. The van der Waals surface area contributed by atoms with Gasteiger partial charge in [0.2, 0.25) is 0 Å². The van der Waals surface area contributed by atoms with Gasteiger partial charge >= 0.3 is 35.5 Å². The van der Waals surface area contributed by atoms with E-state index < -0.39 is 5.97 Å². The zero-order valence-electron chi connectivity index (χ0n) is 19.9. The molecule has 0 aromatic heterocycles. The molecule has 7 heteroatoms. The van der Waals surface area contributed by atoms with Crippen molar-refractivity contribution in [3.05, 3.63) is 12.2 Å². The van der Waals surface area contributed by atoms with Crippen LogP contribution in [0.3, 0.4) is 0 Å². The predicted octanol–water partition coefficient (Wildman–Crippen LogP) is 1.18. The maximum Gasteiger partial charge on any atom is 1.00 e. The Balaban J connectivity index is -0.000000323. The molecule has 0 unspecified atom stereocenters. The molecule has 29 heavy (non-hydrogen) atoms. The van der Waals surface area contributed by atoms with Crippen LogP contribution in [-0.4, -0.2) is 58.9 Å². The number of hydrogen-bond donors (Lipinski definition) is 4. The van der Waals surface area contributed by atoms with Gasteiger partial charge in [-0.15, -0.1) is 0 Å². The Morgan fingerprint density at radius 3 is 2.10 bits per heavy atom. The van der Waals surface area contributed by atoms with E-state index in [1.165, 1.54) is 25.7 Å². The van der Waals surface area contributed by atoms with Crippen molar-refractivity contribution in [2.75, 3.05) is 26.4 Å². The number of aliphatic hydroxyl groups excluding tert-OH is 3. The van der Waals surface area contributed by atoms with Crippen LogP contribution in [0.2, 0.25) is 0 Å². The van der Waals surface area contributed by atoms with Gasteiger partial charge in [-0.1, -0.05) is 64.0 Å². The Morgan fingerprint density at radius 1 is 0.931 bits per heavy atom. The first-order chi connectivity index (χ1) is 13.6. The Kier molecular flexibility index (Phi) is 35.1. The molecule has 0 radical (unpaired) electrons. The number of aliphatic carboxylic acids is 1. The summed E-state index contributed by atoms with van der Waals surface area (Å²) in [5.74, 6) is -0.689. The summed E-state index contributed by atoms with van der Waals surface area (Å²) in [6.45, 7) is 2.90. The molecule has 0 saturated heterocycles. The first-order valence-electron chi connectivity index (χ1n) is 10.9. The van der Waals surface area contributed by atoms with Crippen molar-refractivity contribution in [2.24, 2.45) is 0 Å². The van der Waals surface area contributed by atoms with E-state index in [4.69, 9.17) is 15.3 Å². The van der Waals surface area contributed by atoms with Crippen LogP contribution < -0.4 is 29.6 Å². The van der Waals surface area contributed by atoms with Gasteiger partial charge < -0.3 is 26.6 Å². The third kappa shape index (κ3) is 35.8. The topological polar surface area (TPSA) is 107 Å². The molecule has 170 valence electrons. The Morgan fingerprint density at radius 2 is 1.52 bits per heavy atom. The van der Waals surface area contributed by atoms with E-state index in [0.717, 1.165) is 51.4 Å². The van der Waals surface area contributed by atoms with Crippen molar-refractivity contribution in [1.82, 2.24) is 0 Å². The number of unbranched alkanes of at least 4 members (excludes halogenated alkanes) is 8. The molecule has 4 N–H and O–H groups in total. The van der Waals surface area contributed by atoms with Gasteiger partial charge in [0.15, 0.2) is 0 Å². The molecule has 0 amide bonds. The Bertz CT molecular complexity index is 342. The molecule has 0 aromatic rings. The van der Waals surface area contributed by atoms with Crippen LogP contribution >= 0.6 is 0 Å². The predicted molar refractivity (Wildman–Crippen MR) is 115 cm³/mol. The molecule has 0 rings (SSSR count). The summed E-state index contributed by atoms with van der Waals surface area (Å²) in [7, 11) is 0. The molecular formula is C22H45NaO6. The molecule has 0 aliphatic rings. The van der Waals surface area contributed by atoms with E-state index in [1.54, 1.807) is 0 Å². The fourth-order valence-electron chi connectivity index (χ4n) is 2.60. The van der Waals surface area contributed by atoms with E-state index >= 15 is 0 Å². The Labute approximate surface area is 201 Å². The summed E-state index contributed by atoms with van der Waals surface area (Å²) in [5, 5.41) is 34.5. The van der Waals surface area contributed by atoms with Crippen molar-refractivity contribution in [3.8, 4) is 0 Å². The van der Waals surface area contributed by atoms with Gasteiger partial charge in [0.25, 0.3) is 0 Å². The van der Waals surface area contributed by atoms with Gasteiger partial charge in [-0.2, -0.15) is 0 Å². The third-order valence-electron chi connectivity index (χ3n) is 4.20. The van der Waals surface area contributed by atoms with E-state index in [-0.39, 0.29) is 50.3 Å². The molecule has 0 bridgehead atoms.